The lowest BCUT2D eigenvalue weighted by atomic mass is 10.0. The molecule has 0 radical (unpaired) electrons. The predicted octanol–water partition coefficient (Wildman–Crippen LogP) is 2.83. The molecular weight excluding hydrogens is 565 g/mol. The second-order valence-electron chi connectivity index (χ2n) is 10.5. The van der Waals surface area contributed by atoms with Crippen molar-refractivity contribution in [1.82, 2.24) is 15.1 Å². The van der Waals surface area contributed by atoms with E-state index in [4.69, 9.17) is 39.4 Å². The Balaban J connectivity index is 1.69. The van der Waals surface area contributed by atoms with Gasteiger partial charge in [0.15, 0.2) is 11.8 Å². The summed E-state index contributed by atoms with van der Waals surface area (Å²) < 4.78 is 5.18. The van der Waals surface area contributed by atoms with Crippen LogP contribution in [0.25, 0.3) is 0 Å². The maximum Gasteiger partial charge on any atom is 0.248 e. The summed E-state index contributed by atoms with van der Waals surface area (Å²) in [6, 6.07) is 10.7. The Bertz CT molecular complexity index is 1180. The van der Waals surface area contributed by atoms with E-state index >= 15 is 0 Å². The smallest absolute Gasteiger partial charge is 0.248 e. The molecule has 0 saturated carbocycles. The highest BCUT2D eigenvalue weighted by Gasteiger charge is 2.36. The van der Waals surface area contributed by atoms with Gasteiger partial charge in [0.2, 0.25) is 11.8 Å². The molecule has 1 aliphatic heterocycles. The largest absolute Gasteiger partial charge is 0.497 e. The highest BCUT2D eigenvalue weighted by molar-refractivity contribution is 6.35. The number of benzene rings is 2. The number of nitrogens with zero attached hydrogens (tertiary/aromatic N) is 2. The minimum absolute atomic E-state index is 0.0441. The van der Waals surface area contributed by atoms with Gasteiger partial charge in [0.05, 0.1) is 19.7 Å². The van der Waals surface area contributed by atoms with Crippen molar-refractivity contribution in [2.24, 2.45) is 11.5 Å². The molecule has 3 atom stereocenters. The van der Waals surface area contributed by atoms with Crippen LogP contribution in [-0.4, -0.2) is 85.9 Å². The van der Waals surface area contributed by atoms with Crippen molar-refractivity contribution >= 4 is 40.8 Å². The number of nitrogens with two attached hydrogens (primary N) is 2. The minimum atomic E-state index is -1.46. The molecule has 1 heterocycles. The third-order valence-electron chi connectivity index (χ3n) is 7.65. The Morgan fingerprint density at radius 2 is 1.88 bits per heavy atom. The fourth-order valence-corrected chi connectivity index (χ4v) is 5.71. The van der Waals surface area contributed by atoms with Gasteiger partial charge in [0.1, 0.15) is 5.75 Å². The second kappa shape index (κ2) is 16.1. The third kappa shape index (κ3) is 9.68. The van der Waals surface area contributed by atoms with E-state index < -0.39 is 29.7 Å². The van der Waals surface area contributed by atoms with Gasteiger partial charge in [0.25, 0.3) is 0 Å². The quantitative estimate of drug-likeness (QED) is 0.198. The molecule has 2 aromatic rings. The van der Waals surface area contributed by atoms with Crippen molar-refractivity contribution in [3.63, 3.8) is 0 Å². The molecule has 224 valence electrons. The van der Waals surface area contributed by atoms with Crippen LogP contribution in [0.15, 0.2) is 42.5 Å². The Morgan fingerprint density at radius 1 is 1.15 bits per heavy atom. The number of primary amides is 1. The van der Waals surface area contributed by atoms with Crippen LogP contribution in [-0.2, 0) is 27.2 Å². The summed E-state index contributed by atoms with van der Waals surface area (Å²) in [6.07, 6.45) is 4.31. The summed E-state index contributed by atoms with van der Waals surface area (Å²) >= 11 is 12.4. The maximum atomic E-state index is 13.7. The molecule has 0 bridgehead atoms. The summed E-state index contributed by atoms with van der Waals surface area (Å²) in [5, 5.41) is 3.99. The molecule has 11 heteroatoms. The van der Waals surface area contributed by atoms with Crippen LogP contribution in [0.4, 0.5) is 0 Å². The van der Waals surface area contributed by atoms with E-state index in [0.717, 1.165) is 42.7 Å². The molecule has 1 fully saturated rings. The zero-order valence-electron chi connectivity index (χ0n) is 23.8. The van der Waals surface area contributed by atoms with Gasteiger partial charge in [-0.15, -0.1) is 0 Å². The molecule has 1 unspecified atom stereocenters. The van der Waals surface area contributed by atoms with Crippen molar-refractivity contribution in [3.8, 4) is 5.75 Å². The van der Waals surface area contributed by atoms with Crippen LogP contribution < -0.4 is 21.5 Å². The first-order chi connectivity index (χ1) is 19.6. The van der Waals surface area contributed by atoms with E-state index in [1.54, 1.807) is 25.3 Å². The zero-order valence-corrected chi connectivity index (χ0v) is 25.3. The molecule has 9 nitrogen and oxygen atoms in total. The molecule has 5 N–H and O–H groups in total. The Labute approximate surface area is 252 Å². The van der Waals surface area contributed by atoms with Gasteiger partial charge in [-0.05, 0) is 94.1 Å². The van der Waals surface area contributed by atoms with Crippen molar-refractivity contribution in [2.45, 2.75) is 56.7 Å². The molecule has 41 heavy (non-hydrogen) atoms. The van der Waals surface area contributed by atoms with Gasteiger partial charge in [-0.3, -0.25) is 14.4 Å². The lowest BCUT2D eigenvalue weighted by Crippen LogP contribution is -2.58. The molecule has 2 amide bonds. The number of nitrogens with one attached hydrogen (secondary N) is 1. The van der Waals surface area contributed by atoms with Gasteiger partial charge >= 0.3 is 0 Å². The Morgan fingerprint density at radius 3 is 2.49 bits per heavy atom. The summed E-state index contributed by atoms with van der Waals surface area (Å²) in [6.45, 7) is 1.43. The van der Waals surface area contributed by atoms with Crippen molar-refractivity contribution in [2.75, 3.05) is 40.3 Å². The zero-order chi connectivity index (χ0) is 29.9. The van der Waals surface area contributed by atoms with Crippen LogP contribution in [0, 0.1) is 0 Å². The van der Waals surface area contributed by atoms with Crippen molar-refractivity contribution in [3.05, 3.63) is 63.6 Å². The van der Waals surface area contributed by atoms with E-state index in [0.29, 0.717) is 41.9 Å². The number of hydrogen-bond donors (Lipinski definition) is 3. The van der Waals surface area contributed by atoms with E-state index in [1.807, 2.05) is 24.3 Å². The van der Waals surface area contributed by atoms with Crippen molar-refractivity contribution in [1.29, 1.82) is 0 Å². The predicted molar refractivity (Wildman–Crippen MR) is 162 cm³/mol. The first-order valence-corrected chi connectivity index (χ1v) is 14.7. The fourth-order valence-electron chi connectivity index (χ4n) is 5.20. The first-order valence-electron chi connectivity index (χ1n) is 14.0. The Kier molecular flexibility index (Phi) is 12.9. The van der Waals surface area contributed by atoms with E-state index in [-0.39, 0.29) is 13.1 Å². The highest BCUT2D eigenvalue weighted by atomic mass is 35.5. The highest BCUT2D eigenvalue weighted by Crippen LogP contribution is 2.23. The number of hydrogen-bond acceptors (Lipinski definition) is 7. The van der Waals surface area contributed by atoms with Gasteiger partial charge in [-0.25, -0.2) is 0 Å². The number of ketones is 1. The number of rotatable bonds is 16. The van der Waals surface area contributed by atoms with Crippen LogP contribution >= 0.6 is 23.2 Å². The average molecular weight is 607 g/mol. The Hall–Kier alpha value is -2.69. The first kappa shape index (κ1) is 32.8. The number of likely N-dealkylation sites (tertiary alicyclic amines) is 1. The number of halogens is 2. The monoisotopic (exact) mass is 605 g/mol. The molecule has 2 aromatic carbocycles. The van der Waals surface area contributed by atoms with E-state index in [9.17, 15) is 14.4 Å². The summed E-state index contributed by atoms with van der Waals surface area (Å²) in [7, 11) is 3.67. The number of methoxy groups -OCH3 is 1. The molecular formula is C30H41Cl2N5O4. The molecule has 0 spiro atoms. The number of ether oxygens (including phenoxy) is 1. The normalized spacial score (nSPS) is 16.8. The average Bonchev–Trinajstić information content (AvgIpc) is 3.36. The van der Waals surface area contributed by atoms with Crippen LogP contribution in [0.1, 0.15) is 36.8 Å². The van der Waals surface area contributed by atoms with Gasteiger partial charge in [-0.2, -0.15) is 0 Å². The SMILES string of the molecule is COc1ccc(CCNCC(=O)C(C(N)=O)N(CCc2ccc(Cl)cc2Cl)C(=O)[C@@H](N)CC[C@H]2CCCN2C)cc1. The second-order valence-corrected chi connectivity index (χ2v) is 11.4. The van der Waals surface area contributed by atoms with E-state index in [1.165, 1.54) is 4.90 Å². The van der Waals surface area contributed by atoms with Crippen molar-refractivity contribution < 1.29 is 19.1 Å². The van der Waals surface area contributed by atoms with Crippen LogP contribution in [0.3, 0.4) is 0 Å². The molecule has 0 aromatic heterocycles. The minimum Gasteiger partial charge on any atom is -0.497 e. The summed E-state index contributed by atoms with van der Waals surface area (Å²) in [5.74, 6) is -1.11. The molecule has 3 rings (SSSR count). The summed E-state index contributed by atoms with van der Waals surface area (Å²) in [4.78, 5) is 43.1. The van der Waals surface area contributed by atoms with Gasteiger partial charge < -0.3 is 31.3 Å². The van der Waals surface area contributed by atoms with Gasteiger partial charge in [-0.1, -0.05) is 41.4 Å². The molecule has 1 aliphatic rings. The van der Waals surface area contributed by atoms with Crippen LogP contribution in [0.5, 0.6) is 5.75 Å². The maximum absolute atomic E-state index is 13.7. The third-order valence-corrected chi connectivity index (χ3v) is 8.24. The standard InChI is InChI=1S/C30H41Cl2N5O4/c1-36-16-3-4-23(36)9-12-26(33)30(40)37(17-14-21-7-8-22(31)18-25(21)32)28(29(34)39)27(38)19-35-15-13-20-5-10-24(41-2)11-6-20/h5-8,10-11,18,23,26,28,35H,3-4,9,12-17,19,33H2,1-2H3,(H2,34,39)/t23-,26+,28?/m1/s1. The molecule has 1 saturated heterocycles. The summed E-state index contributed by atoms with van der Waals surface area (Å²) in [5.41, 5.74) is 13.9. The number of amides is 2. The number of Topliss-reactive ketones (excluding diaryl/α,β-unsaturated/α-hetero) is 1. The van der Waals surface area contributed by atoms with Crippen LogP contribution in [0.2, 0.25) is 10.0 Å². The van der Waals surface area contributed by atoms with Gasteiger partial charge in [0, 0.05) is 22.6 Å². The number of carbonyl (C=O) groups is 3. The lowest BCUT2D eigenvalue weighted by molar-refractivity contribution is -0.146. The topological polar surface area (TPSA) is 131 Å². The van der Waals surface area contributed by atoms with E-state index in [2.05, 4.69) is 17.3 Å². The molecule has 0 aliphatic carbocycles. The number of carbonyl (C=O) groups excluding carboxylic acids is 3. The lowest BCUT2D eigenvalue weighted by Gasteiger charge is -2.32. The fraction of sp³-hybridized carbons (Fsp3) is 0.500.